The number of aromatic nitrogens is 4. The zero-order valence-electron chi connectivity index (χ0n) is 14.5. The summed E-state index contributed by atoms with van der Waals surface area (Å²) in [5.74, 6) is 0.622. The van der Waals surface area contributed by atoms with Gasteiger partial charge in [0.15, 0.2) is 5.82 Å². The van der Waals surface area contributed by atoms with Crippen LogP contribution in [0.15, 0.2) is 48.5 Å². The molecule has 2 N–H and O–H groups in total. The number of phenols is 1. The summed E-state index contributed by atoms with van der Waals surface area (Å²) in [6.45, 7) is 1.93. The van der Waals surface area contributed by atoms with Gasteiger partial charge in [0.25, 0.3) is 0 Å². The lowest BCUT2D eigenvalue weighted by molar-refractivity contribution is -0.137. The fourth-order valence-electron chi connectivity index (χ4n) is 2.76. The SMILES string of the molecule is C[C@@H](c1ccc(O)cc1)c1nnc2sc(Nc3cccc(C(F)(F)F)c3)nn12. The second kappa shape index (κ2) is 6.79. The number of hydrogen-bond donors (Lipinski definition) is 2. The summed E-state index contributed by atoms with van der Waals surface area (Å²) < 4.78 is 40.2. The third-order valence-electron chi connectivity index (χ3n) is 4.24. The summed E-state index contributed by atoms with van der Waals surface area (Å²) in [4.78, 5) is 0.523. The Balaban J connectivity index is 1.62. The van der Waals surface area contributed by atoms with E-state index in [2.05, 4.69) is 20.6 Å². The molecule has 2 aromatic heterocycles. The van der Waals surface area contributed by atoms with Crippen molar-refractivity contribution in [2.75, 3.05) is 5.32 Å². The lowest BCUT2D eigenvalue weighted by atomic mass is 10.0. The number of fused-ring (bicyclic) bond motifs is 1. The zero-order chi connectivity index (χ0) is 19.9. The largest absolute Gasteiger partial charge is 0.508 e. The number of nitrogens with zero attached hydrogens (tertiary/aromatic N) is 4. The number of phenolic OH excluding ortho intramolecular Hbond substituents is 1. The summed E-state index contributed by atoms with van der Waals surface area (Å²) in [6.07, 6.45) is -4.41. The van der Waals surface area contributed by atoms with Crippen molar-refractivity contribution in [3.05, 3.63) is 65.5 Å². The molecule has 28 heavy (non-hydrogen) atoms. The highest BCUT2D eigenvalue weighted by Gasteiger charge is 2.30. The highest BCUT2D eigenvalue weighted by atomic mass is 32.1. The smallest absolute Gasteiger partial charge is 0.416 e. The van der Waals surface area contributed by atoms with Crippen molar-refractivity contribution in [3.63, 3.8) is 0 Å². The van der Waals surface area contributed by atoms with Crippen LogP contribution in [0.25, 0.3) is 4.96 Å². The lowest BCUT2D eigenvalue weighted by Crippen LogP contribution is -2.05. The number of nitrogens with one attached hydrogen (secondary N) is 1. The van der Waals surface area contributed by atoms with Crippen LogP contribution in [-0.4, -0.2) is 24.9 Å². The van der Waals surface area contributed by atoms with E-state index in [4.69, 9.17) is 0 Å². The van der Waals surface area contributed by atoms with Crippen LogP contribution in [0, 0.1) is 0 Å². The predicted octanol–water partition coefficient (Wildman–Crippen LogP) is 4.81. The van der Waals surface area contributed by atoms with Crippen molar-refractivity contribution >= 4 is 27.1 Å². The van der Waals surface area contributed by atoms with Gasteiger partial charge in [-0.15, -0.1) is 15.3 Å². The monoisotopic (exact) mass is 405 g/mol. The first-order valence-electron chi connectivity index (χ1n) is 8.26. The molecule has 4 aromatic rings. The molecule has 0 fully saturated rings. The number of hydrogen-bond acceptors (Lipinski definition) is 6. The van der Waals surface area contributed by atoms with Gasteiger partial charge >= 0.3 is 6.18 Å². The van der Waals surface area contributed by atoms with Gasteiger partial charge in [0.1, 0.15) is 5.75 Å². The summed E-state index contributed by atoms with van der Waals surface area (Å²) in [5.41, 5.74) is 0.475. The Bertz CT molecular complexity index is 1120. The van der Waals surface area contributed by atoms with E-state index in [0.29, 0.717) is 15.9 Å². The van der Waals surface area contributed by atoms with Gasteiger partial charge in [0, 0.05) is 11.6 Å². The molecule has 0 bridgehead atoms. The molecular formula is C18H14F3N5OS. The van der Waals surface area contributed by atoms with E-state index in [1.807, 2.05) is 6.92 Å². The molecule has 0 spiro atoms. The zero-order valence-corrected chi connectivity index (χ0v) is 15.3. The highest BCUT2D eigenvalue weighted by molar-refractivity contribution is 7.20. The van der Waals surface area contributed by atoms with E-state index in [0.717, 1.165) is 17.7 Å². The van der Waals surface area contributed by atoms with Gasteiger partial charge in [0.05, 0.1) is 5.56 Å². The van der Waals surface area contributed by atoms with Crippen LogP contribution in [0.2, 0.25) is 0 Å². The summed E-state index contributed by atoms with van der Waals surface area (Å²) in [6, 6.07) is 11.7. The van der Waals surface area contributed by atoms with Gasteiger partial charge in [-0.25, -0.2) is 0 Å². The van der Waals surface area contributed by atoms with Crippen LogP contribution >= 0.6 is 11.3 Å². The molecular weight excluding hydrogens is 391 g/mol. The molecule has 0 aliphatic carbocycles. The van der Waals surface area contributed by atoms with E-state index < -0.39 is 11.7 Å². The van der Waals surface area contributed by atoms with Gasteiger partial charge in [-0.2, -0.15) is 17.7 Å². The van der Waals surface area contributed by atoms with Crippen LogP contribution in [0.1, 0.15) is 29.8 Å². The van der Waals surface area contributed by atoms with Gasteiger partial charge in [0.2, 0.25) is 10.1 Å². The predicted molar refractivity (Wildman–Crippen MR) is 99.0 cm³/mol. The maximum atomic E-state index is 12.9. The van der Waals surface area contributed by atoms with E-state index in [-0.39, 0.29) is 17.4 Å². The third-order valence-corrected chi connectivity index (χ3v) is 5.05. The molecule has 0 saturated carbocycles. The minimum atomic E-state index is -4.41. The first kappa shape index (κ1) is 18.2. The van der Waals surface area contributed by atoms with Crippen molar-refractivity contribution in [3.8, 4) is 5.75 Å². The molecule has 0 amide bonds. The second-order valence-electron chi connectivity index (χ2n) is 6.18. The van der Waals surface area contributed by atoms with Gasteiger partial charge in [-0.1, -0.05) is 36.5 Å². The van der Waals surface area contributed by atoms with Crippen molar-refractivity contribution in [1.29, 1.82) is 0 Å². The number of rotatable bonds is 4. The van der Waals surface area contributed by atoms with E-state index >= 15 is 0 Å². The minimum Gasteiger partial charge on any atom is -0.508 e. The first-order valence-corrected chi connectivity index (χ1v) is 9.08. The normalized spacial score (nSPS) is 13.0. The molecule has 4 rings (SSSR count). The maximum Gasteiger partial charge on any atom is 0.416 e. The summed E-state index contributed by atoms with van der Waals surface area (Å²) in [5, 5.41) is 25.4. The molecule has 6 nitrogen and oxygen atoms in total. The number of halogens is 3. The van der Waals surface area contributed by atoms with Gasteiger partial charge < -0.3 is 10.4 Å². The molecule has 0 aliphatic heterocycles. The average molecular weight is 405 g/mol. The van der Waals surface area contributed by atoms with Crippen molar-refractivity contribution in [1.82, 2.24) is 19.8 Å². The lowest BCUT2D eigenvalue weighted by Gasteiger charge is -2.09. The van der Waals surface area contributed by atoms with Crippen molar-refractivity contribution < 1.29 is 18.3 Å². The fourth-order valence-corrected chi connectivity index (χ4v) is 3.53. The number of alkyl halides is 3. The molecule has 0 radical (unpaired) electrons. The highest BCUT2D eigenvalue weighted by Crippen LogP contribution is 2.32. The molecule has 144 valence electrons. The minimum absolute atomic E-state index is 0.140. The number of benzene rings is 2. The Morgan fingerprint density at radius 3 is 2.57 bits per heavy atom. The Morgan fingerprint density at radius 1 is 1.11 bits per heavy atom. The van der Waals surface area contributed by atoms with Gasteiger partial charge in [-0.3, -0.25) is 0 Å². The molecule has 2 aromatic carbocycles. The van der Waals surface area contributed by atoms with Crippen LogP contribution in [-0.2, 0) is 6.18 Å². The summed E-state index contributed by atoms with van der Waals surface area (Å²) in [7, 11) is 0. The Morgan fingerprint density at radius 2 is 1.86 bits per heavy atom. The van der Waals surface area contributed by atoms with Crippen LogP contribution in [0.4, 0.5) is 24.0 Å². The van der Waals surface area contributed by atoms with Crippen LogP contribution in [0.3, 0.4) is 0 Å². The average Bonchev–Trinajstić information content (AvgIpc) is 3.21. The van der Waals surface area contributed by atoms with E-state index in [9.17, 15) is 18.3 Å². The topological polar surface area (TPSA) is 75.3 Å². The standard InChI is InChI=1S/C18H14F3N5OS/c1-10(11-5-7-14(27)8-6-11)15-23-24-17-26(15)25-16(28-17)22-13-4-2-3-12(9-13)18(19,20)21/h2-10,27H,1H3,(H,22,25)/t10-/m0/s1. The molecule has 1 atom stereocenters. The molecule has 0 unspecified atom stereocenters. The molecule has 10 heteroatoms. The Labute approximate surface area is 161 Å². The van der Waals surface area contributed by atoms with Gasteiger partial charge in [-0.05, 0) is 35.9 Å². The van der Waals surface area contributed by atoms with Crippen LogP contribution < -0.4 is 5.32 Å². The molecule has 0 saturated heterocycles. The Kier molecular flexibility index (Phi) is 4.42. The number of aromatic hydroxyl groups is 1. The third kappa shape index (κ3) is 3.50. The van der Waals surface area contributed by atoms with E-state index in [1.165, 1.54) is 23.5 Å². The second-order valence-corrected chi connectivity index (χ2v) is 7.13. The maximum absolute atomic E-state index is 12.9. The Hall–Kier alpha value is -3.14. The van der Waals surface area contributed by atoms with Crippen molar-refractivity contribution in [2.24, 2.45) is 0 Å². The molecule has 2 heterocycles. The number of anilines is 2. The molecule has 0 aliphatic rings. The van der Waals surface area contributed by atoms with Crippen molar-refractivity contribution in [2.45, 2.75) is 19.0 Å². The fraction of sp³-hybridized carbons (Fsp3) is 0.167. The quantitative estimate of drug-likeness (QED) is 0.510. The van der Waals surface area contributed by atoms with Crippen LogP contribution in [0.5, 0.6) is 5.75 Å². The first-order chi connectivity index (χ1) is 13.3. The summed E-state index contributed by atoms with van der Waals surface area (Å²) >= 11 is 1.19. The van der Waals surface area contributed by atoms with E-state index in [1.54, 1.807) is 28.8 Å².